The van der Waals surface area contributed by atoms with E-state index in [1.807, 2.05) is 11.0 Å². The number of rotatable bonds is 0. The van der Waals surface area contributed by atoms with Crippen LogP contribution in [0.15, 0.2) is 33.7 Å². The molecule has 6 heteroatoms. The van der Waals surface area contributed by atoms with Crippen molar-refractivity contribution in [1.82, 2.24) is 0 Å². The van der Waals surface area contributed by atoms with Gasteiger partial charge in [0.1, 0.15) is 6.07 Å². The van der Waals surface area contributed by atoms with E-state index >= 15 is 0 Å². The summed E-state index contributed by atoms with van der Waals surface area (Å²) in [6, 6.07) is 6.61. The highest BCUT2D eigenvalue weighted by Gasteiger charge is 2.37. The van der Waals surface area contributed by atoms with Gasteiger partial charge in [0.15, 0.2) is 4.91 Å². The topological polar surface area (TPSA) is 61.2 Å². The Morgan fingerprint density at radius 2 is 2.05 bits per heavy atom. The van der Waals surface area contributed by atoms with Crippen LogP contribution < -0.4 is 4.90 Å². The zero-order valence-electron chi connectivity index (χ0n) is 10.8. The zero-order chi connectivity index (χ0) is 14.3. The lowest BCUT2D eigenvalue weighted by Crippen LogP contribution is -2.30. The molecule has 1 saturated heterocycles. The van der Waals surface area contributed by atoms with Gasteiger partial charge in [-0.1, -0.05) is 18.0 Å². The SMILES string of the molecule is N#CC1=C2CCCCCN2c2cc(Cl)ccc2S1(=O)=O. The van der Waals surface area contributed by atoms with Crippen LogP contribution in [0.5, 0.6) is 0 Å². The maximum absolute atomic E-state index is 12.6. The highest BCUT2D eigenvalue weighted by Crippen LogP contribution is 2.42. The van der Waals surface area contributed by atoms with Crippen LogP contribution in [0.4, 0.5) is 5.69 Å². The molecule has 0 unspecified atom stereocenters. The van der Waals surface area contributed by atoms with Gasteiger partial charge in [0, 0.05) is 17.3 Å². The molecular formula is C14H13ClN2O2S. The summed E-state index contributed by atoms with van der Waals surface area (Å²) in [5.74, 6) is 0. The summed E-state index contributed by atoms with van der Waals surface area (Å²) in [6.45, 7) is 0.726. The first-order valence-electron chi connectivity index (χ1n) is 6.51. The van der Waals surface area contributed by atoms with Crippen molar-refractivity contribution < 1.29 is 8.42 Å². The van der Waals surface area contributed by atoms with E-state index < -0.39 is 9.84 Å². The van der Waals surface area contributed by atoms with Crippen LogP contribution in [0, 0.1) is 11.3 Å². The van der Waals surface area contributed by atoms with Gasteiger partial charge in [-0.15, -0.1) is 0 Å². The summed E-state index contributed by atoms with van der Waals surface area (Å²) in [5, 5.41) is 9.80. The lowest BCUT2D eigenvalue weighted by atomic mass is 10.2. The molecule has 0 aliphatic carbocycles. The third kappa shape index (κ3) is 1.91. The van der Waals surface area contributed by atoms with E-state index in [1.54, 1.807) is 12.1 Å². The Kier molecular flexibility index (Phi) is 3.23. The number of nitriles is 1. The van der Waals surface area contributed by atoms with Gasteiger partial charge in [-0.2, -0.15) is 5.26 Å². The maximum Gasteiger partial charge on any atom is 0.220 e. The van der Waals surface area contributed by atoms with Crippen molar-refractivity contribution in [2.24, 2.45) is 0 Å². The normalized spacial score (nSPS) is 20.7. The average Bonchev–Trinajstić information content (AvgIpc) is 2.64. The number of halogens is 1. The van der Waals surface area contributed by atoms with Crippen molar-refractivity contribution in [1.29, 1.82) is 5.26 Å². The fraction of sp³-hybridized carbons (Fsp3) is 0.357. The highest BCUT2D eigenvalue weighted by atomic mass is 35.5. The van der Waals surface area contributed by atoms with E-state index in [9.17, 15) is 13.7 Å². The van der Waals surface area contributed by atoms with Gasteiger partial charge in [-0.05, 0) is 37.5 Å². The average molecular weight is 309 g/mol. The quantitative estimate of drug-likeness (QED) is 0.738. The van der Waals surface area contributed by atoms with Crippen molar-refractivity contribution in [3.8, 4) is 6.07 Å². The fourth-order valence-corrected chi connectivity index (χ4v) is 4.55. The molecule has 1 aromatic rings. The Balaban J connectivity index is 2.33. The van der Waals surface area contributed by atoms with Crippen molar-refractivity contribution in [3.63, 3.8) is 0 Å². The van der Waals surface area contributed by atoms with Gasteiger partial charge in [0.05, 0.1) is 10.6 Å². The number of benzene rings is 1. The minimum absolute atomic E-state index is 0.103. The second-order valence-electron chi connectivity index (χ2n) is 4.97. The van der Waals surface area contributed by atoms with Gasteiger partial charge in [0.2, 0.25) is 9.84 Å². The predicted molar refractivity (Wildman–Crippen MR) is 77.1 cm³/mol. The van der Waals surface area contributed by atoms with Gasteiger partial charge < -0.3 is 4.90 Å². The molecule has 1 aromatic carbocycles. The molecule has 0 aromatic heterocycles. The molecule has 0 saturated carbocycles. The molecule has 20 heavy (non-hydrogen) atoms. The Morgan fingerprint density at radius 1 is 1.25 bits per heavy atom. The standard InChI is InChI=1S/C14H13ClN2O2S/c15-10-5-6-13-12(8-10)17-7-3-1-2-4-11(17)14(9-16)20(13,18)19/h5-6,8H,1-4,7H2. The molecule has 0 atom stereocenters. The molecule has 0 spiro atoms. The molecular weight excluding hydrogens is 296 g/mol. The first-order valence-corrected chi connectivity index (χ1v) is 8.37. The molecule has 0 amide bonds. The summed E-state index contributed by atoms with van der Waals surface area (Å²) >= 11 is 6.01. The van der Waals surface area contributed by atoms with Crippen LogP contribution in [-0.4, -0.2) is 15.0 Å². The number of sulfone groups is 1. The van der Waals surface area contributed by atoms with Crippen molar-refractivity contribution in [2.75, 3.05) is 11.4 Å². The number of anilines is 1. The van der Waals surface area contributed by atoms with Crippen molar-refractivity contribution >= 4 is 27.1 Å². The van der Waals surface area contributed by atoms with E-state index in [-0.39, 0.29) is 9.80 Å². The smallest absolute Gasteiger partial charge is 0.220 e. The molecule has 0 bridgehead atoms. The van der Waals surface area contributed by atoms with Crippen LogP contribution >= 0.6 is 11.6 Å². The predicted octanol–water partition coefficient (Wildman–Crippen LogP) is 3.24. The summed E-state index contributed by atoms with van der Waals surface area (Å²) in [7, 11) is -3.72. The first-order chi connectivity index (χ1) is 9.55. The van der Waals surface area contributed by atoms with Gasteiger partial charge in [0.25, 0.3) is 0 Å². The summed E-state index contributed by atoms with van der Waals surface area (Å²) in [5.41, 5.74) is 1.23. The Morgan fingerprint density at radius 3 is 2.80 bits per heavy atom. The third-order valence-corrected chi connectivity index (χ3v) is 5.78. The van der Waals surface area contributed by atoms with E-state index in [4.69, 9.17) is 11.6 Å². The van der Waals surface area contributed by atoms with Crippen LogP contribution in [0.3, 0.4) is 0 Å². The minimum atomic E-state index is -3.72. The zero-order valence-corrected chi connectivity index (χ0v) is 12.3. The number of nitrogens with zero attached hydrogens (tertiary/aromatic N) is 2. The van der Waals surface area contributed by atoms with Crippen molar-refractivity contribution in [3.05, 3.63) is 33.8 Å². The lowest BCUT2D eigenvalue weighted by molar-refractivity contribution is 0.600. The van der Waals surface area contributed by atoms with Gasteiger partial charge >= 0.3 is 0 Å². The molecule has 3 rings (SSSR count). The third-order valence-electron chi connectivity index (χ3n) is 3.75. The summed E-state index contributed by atoms with van der Waals surface area (Å²) in [6.07, 6.45) is 3.54. The van der Waals surface area contributed by atoms with Crippen LogP contribution in [0.2, 0.25) is 5.02 Å². The maximum atomic E-state index is 12.6. The minimum Gasteiger partial charge on any atom is -0.342 e. The van der Waals surface area contributed by atoms with Gasteiger partial charge in [-0.25, -0.2) is 8.42 Å². The molecule has 0 N–H and O–H groups in total. The second kappa shape index (κ2) is 4.80. The monoisotopic (exact) mass is 308 g/mol. The number of hydrogen-bond donors (Lipinski definition) is 0. The second-order valence-corrected chi connectivity index (χ2v) is 7.26. The van der Waals surface area contributed by atoms with Gasteiger partial charge in [-0.3, -0.25) is 0 Å². The largest absolute Gasteiger partial charge is 0.342 e. The van der Waals surface area contributed by atoms with Crippen LogP contribution in [0.25, 0.3) is 0 Å². The van der Waals surface area contributed by atoms with E-state index in [0.717, 1.165) is 25.8 Å². The Labute approximate surface area is 123 Å². The Hall–Kier alpha value is -1.51. The molecule has 4 nitrogen and oxygen atoms in total. The first kappa shape index (κ1) is 13.5. The van der Waals surface area contributed by atoms with Crippen LogP contribution in [0.1, 0.15) is 25.7 Å². The lowest BCUT2D eigenvalue weighted by Gasteiger charge is -2.32. The Bertz CT molecular complexity index is 747. The molecule has 1 fully saturated rings. The van der Waals surface area contributed by atoms with E-state index in [0.29, 0.717) is 22.8 Å². The highest BCUT2D eigenvalue weighted by molar-refractivity contribution is 7.95. The molecule has 2 heterocycles. The number of allylic oxidation sites excluding steroid dienone is 2. The number of hydrogen-bond acceptors (Lipinski definition) is 4. The van der Waals surface area contributed by atoms with E-state index in [1.165, 1.54) is 6.07 Å². The molecule has 2 aliphatic rings. The van der Waals surface area contributed by atoms with Crippen molar-refractivity contribution in [2.45, 2.75) is 30.6 Å². The van der Waals surface area contributed by atoms with E-state index in [2.05, 4.69) is 0 Å². The molecule has 0 radical (unpaired) electrons. The fourth-order valence-electron chi connectivity index (χ4n) is 2.83. The molecule has 2 aliphatic heterocycles. The van der Waals surface area contributed by atoms with Crippen LogP contribution in [-0.2, 0) is 9.84 Å². The summed E-state index contributed by atoms with van der Waals surface area (Å²) in [4.78, 5) is 2.03. The molecule has 104 valence electrons. The summed E-state index contributed by atoms with van der Waals surface area (Å²) < 4.78 is 25.1. The number of fused-ring (bicyclic) bond motifs is 3.